The zero-order valence-electron chi connectivity index (χ0n) is 8.24. The normalized spacial score (nSPS) is 42.0. The lowest BCUT2D eigenvalue weighted by atomic mass is 9.91. The van der Waals surface area contributed by atoms with E-state index in [1.807, 2.05) is 6.26 Å². The molecule has 4 unspecified atom stereocenters. The van der Waals surface area contributed by atoms with Gasteiger partial charge in [0.2, 0.25) is 0 Å². The van der Waals surface area contributed by atoms with Crippen molar-refractivity contribution < 1.29 is 8.92 Å². The molecule has 1 aliphatic rings. The molecule has 1 rings (SSSR count). The van der Waals surface area contributed by atoms with Crippen molar-refractivity contribution >= 4 is 12.0 Å². The highest BCUT2D eigenvalue weighted by atomic mass is 32.2. The number of hydrogen-bond donors (Lipinski definition) is 0. The molecular formula is C9H18O2S. The van der Waals surface area contributed by atoms with Crippen molar-refractivity contribution in [2.45, 2.75) is 33.0 Å². The van der Waals surface area contributed by atoms with Crippen molar-refractivity contribution in [2.75, 3.05) is 12.9 Å². The van der Waals surface area contributed by atoms with Crippen LogP contribution in [0.25, 0.3) is 0 Å². The Morgan fingerprint density at radius 2 is 1.92 bits per heavy atom. The number of ether oxygens (including phenoxy) is 1. The third-order valence-electron chi connectivity index (χ3n) is 2.90. The van der Waals surface area contributed by atoms with Gasteiger partial charge in [-0.25, -0.2) is 0 Å². The third kappa shape index (κ3) is 2.15. The molecule has 0 aromatic carbocycles. The fraction of sp³-hybridized carbons (Fsp3) is 1.00. The molecular weight excluding hydrogens is 172 g/mol. The van der Waals surface area contributed by atoms with E-state index in [-0.39, 0.29) is 0 Å². The zero-order valence-corrected chi connectivity index (χ0v) is 9.06. The van der Waals surface area contributed by atoms with Crippen LogP contribution in [0.2, 0.25) is 0 Å². The van der Waals surface area contributed by atoms with E-state index in [9.17, 15) is 0 Å². The Morgan fingerprint density at radius 3 is 2.33 bits per heavy atom. The molecule has 1 saturated heterocycles. The molecule has 0 spiro atoms. The average molecular weight is 190 g/mol. The first-order valence-corrected chi connectivity index (χ1v) is 5.63. The third-order valence-corrected chi connectivity index (χ3v) is 3.27. The van der Waals surface area contributed by atoms with Crippen LogP contribution in [0.15, 0.2) is 0 Å². The molecule has 0 amide bonds. The van der Waals surface area contributed by atoms with Gasteiger partial charge in [-0.05, 0) is 30.8 Å². The van der Waals surface area contributed by atoms with Gasteiger partial charge in [0.05, 0.1) is 18.8 Å². The van der Waals surface area contributed by atoms with Crippen LogP contribution >= 0.6 is 12.0 Å². The van der Waals surface area contributed by atoms with Crippen LogP contribution in [0, 0.1) is 11.8 Å². The monoisotopic (exact) mass is 190 g/mol. The van der Waals surface area contributed by atoms with Gasteiger partial charge in [0, 0.05) is 6.26 Å². The molecule has 1 heterocycles. The first-order valence-electron chi connectivity index (χ1n) is 4.48. The van der Waals surface area contributed by atoms with E-state index in [1.54, 1.807) is 0 Å². The van der Waals surface area contributed by atoms with Crippen molar-refractivity contribution in [3.8, 4) is 0 Å². The summed E-state index contributed by atoms with van der Waals surface area (Å²) >= 11 is 1.41. The molecule has 2 nitrogen and oxygen atoms in total. The highest BCUT2D eigenvalue weighted by Crippen LogP contribution is 2.32. The van der Waals surface area contributed by atoms with Crippen LogP contribution in [0.3, 0.4) is 0 Å². The van der Waals surface area contributed by atoms with Crippen LogP contribution in [0.1, 0.15) is 20.8 Å². The van der Waals surface area contributed by atoms with Gasteiger partial charge in [-0.3, -0.25) is 0 Å². The van der Waals surface area contributed by atoms with E-state index in [0.717, 1.165) is 6.61 Å². The van der Waals surface area contributed by atoms with Gasteiger partial charge in [0.25, 0.3) is 0 Å². The molecule has 3 heteroatoms. The van der Waals surface area contributed by atoms with Crippen molar-refractivity contribution in [3.05, 3.63) is 0 Å². The molecule has 0 bridgehead atoms. The van der Waals surface area contributed by atoms with Crippen molar-refractivity contribution in [1.82, 2.24) is 0 Å². The van der Waals surface area contributed by atoms with E-state index >= 15 is 0 Å². The van der Waals surface area contributed by atoms with Gasteiger partial charge >= 0.3 is 0 Å². The maximum atomic E-state index is 5.75. The van der Waals surface area contributed by atoms with Gasteiger partial charge in [-0.2, -0.15) is 0 Å². The lowest BCUT2D eigenvalue weighted by molar-refractivity contribution is 0.0175. The molecule has 12 heavy (non-hydrogen) atoms. The van der Waals surface area contributed by atoms with Gasteiger partial charge in [-0.1, -0.05) is 13.8 Å². The van der Waals surface area contributed by atoms with Gasteiger partial charge < -0.3 is 8.92 Å². The van der Waals surface area contributed by atoms with E-state index in [4.69, 9.17) is 8.92 Å². The summed E-state index contributed by atoms with van der Waals surface area (Å²) in [6.45, 7) is 7.34. The second-order valence-corrected chi connectivity index (χ2v) is 4.12. The van der Waals surface area contributed by atoms with E-state index in [2.05, 4.69) is 20.8 Å². The SMILES string of the molecule is CSOCC1OC(C)C(C)C1C. The minimum atomic E-state index is 0.294. The van der Waals surface area contributed by atoms with E-state index < -0.39 is 0 Å². The summed E-state index contributed by atoms with van der Waals surface area (Å²) in [5.41, 5.74) is 0. The molecule has 0 N–H and O–H groups in total. The molecule has 4 atom stereocenters. The molecule has 0 aliphatic carbocycles. The first kappa shape index (κ1) is 10.4. The molecule has 0 aromatic heterocycles. The fourth-order valence-electron chi connectivity index (χ4n) is 1.62. The fourth-order valence-corrected chi connectivity index (χ4v) is 1.89. The molecule has 0 aromatic rings. The quantitative estimate of drug-likeness (QED) is 0.636. The second-order valence-electron chi connectivity index (χ2n) is 3.55. The summed E-state index contributed by atoms with van der Waals surface area (Å²) in [6.07, 6.45) is 2.62. The van der Waals surface area contributed by atoms with Crippen molar-refractivity contribution in [2.24, 2.45) is 11.8 Å². The number of rotatable bonds is 3. The maximum absolute atomic E-state index is 5.75. The van der Waals surface area contributed by atoms with Crippen molar-refractivity contribution in [3.63, 3.8) is 0 Å². The largest absolute Gasteiger partial charge is 0.372 e. The topological polar surface area (TPSA) is 18.5 Å². The van der Waals surface area contributed by atoms with E-state index in [0.29, 0.717) is 24.0 Å². The van der Waals surface area contributed by atoms with Gasteiger partial charge in [0.15, 0.2) is 0 Å². The Kier molecular flexibility index (Phi) is 3.87. The summed E-state index contributed by atoms with van der Waals surface area (Å²) < 4.78 is 11.0. The van der Waals surface area contributed by atoms with Crippen LogP contribution in [0.4, 0.5) is 0 Å². The Balaban J connectivity index is 2.36. The first-order chi connectivity index (χ1) is 5.66. The summed E-state index contributed by atoms with van der Waals surface area (Å²) in [5, 5.41) is 0. The molecule has 0 radical (unpaired) electrons. The van der Waals surface area contributed by atoms with Crippen molar-refractivity contribution in [1.29, 1.82) is 0 Å². The van der Waals surface area contributed by atoms with Crippen LogP contribution in [-0.2, 0) is 8.92 Å². The summed E-state index contributed by atoms with van der Waals surface area (Å²) in [5.74, 6) is 1.27. The van der Waals surface area contributed by atoms with Gasteiger partial charge in [0.1, 0.15) is 0 Å². The highest BCUT2D eigenvalue weighted by molar-refractivity contribution is 7.93. The summed E-state index contributed by atoms with van der Waals surface area (Å²) in [6, 6.07) is 0. The zero-order chi connectivity index (χ0) is 9.14. The predicted octanol–water partition coefficient (Wildman–Crippen LogP) is 2.34. The minimum Gasteiger partial charge on any atom is -0.372 e. The Labute approximate surface area is 79.2 Å². The predicted molar refractivity (Wildman–Crippen MR) is 52.1 cm³/mol. The van der Waals surface area contributed by atoms with Crippen LogP contribution in [0.5, 0.6) is 0 Å². The molecule has 0 saturated carbocycles. The Bertz CT molecular complexity index is 140. The highest BCUT2D eigenvalue weighted by Gasteiger charge is 2.36. The lowest BCUT2D eigenvalue weighted by Gasteiger charge is -2.14. The minimum absolute atomic E-state index is 0.294. The second kappa shape index (κ2) is 4.49. The smallest absolute Gasteiger partial charge is 0.0878 e. The van der Waals surface area contributed by atoms with Gasteiger partial charge in [-0.15, -0.1) is 0 Å². The Morgan fingerprint density at radius 1 is 1.25 bits per heavy atom. The number of hydrogen-bond acceptors (Lipinski definition) is 3. The molecule has 1 fully saturated rings. The molecule has 1 aliphatic heterocycles. The summed E-state index contributed by atoms with van der Waals surface area (Å²) in [4.78, 5) is 0. The average Bonchev–Trinajstić information content (AvgIpc) is 2.30. The van der Waals surface area contributed by atoms with Crippen LogP contribution in [-0.4, -0.2) is 25.1 Å². The lowest BCUT2D eigenvalue weighted by Crippen LogP contribution is -2.20. The standard InChI is InChI=1S/C9H18O2S/c1-6-7(2)9(5-10-12-4)11-8(6)3/h6-9H,5H2,1-4H3. The molecule has 72 valence electrons. The van der Waals surface area contributed by atoms with Crippen LogP contribution < -0.4 is 0 Å². The maximum Gasteiger partial charge on any atom is 0.0878 e. The Hall–Kier alpha value is 0.270. The summed E-state index contributed by atoms with van der Waals surface area (Å²) in [7, 11) is 0. The van der Waals surface area contributed by atoms with E-state index in [1.165, 1.54) is 12.0 Å².